The van der Waals surface area contributed by atoms with E-state index in [-0.39, 0.29) is 23.6 Å². The molecule has 21 heavy (non-hydrogen) atoms. The number of rotatable bonds is 5. The van der Waals surface area contributed by atoms with Crippen LogP contribution >= 0.6 is 0 Å². The molecule has 0 aromatic heterocycles. The lowest BCUT2D eigenvalue weighted by molar-refractivity contribution is -0.384. The van der Waals surface area contributed by atoms with Crippen molar-refractivity contribution in [2.75, 3.05) is 6.61 Å². The highest BCUT2D eigenvalue weighted by molar-refractivity contribution is 5.97. The number of ether oxygens (including phenoxy) is 1. The average Bonchev–Trinajstić information content (AvgIpc) is 2.45. The van der Waals surface area contributed by atoms with Crippen LogP contribution in [-0.4, -0.2) is 17.3 Å². The van der Waals surface area contributed by atoms with E-state index in [4.69, 9.17) is 4.74 Å². The number of hydrogen-bond acceptors (Lipinski definition) is 4. The number of non-ortho nitro benzene ring substituents is 1. The molecule has 0 saturated carbocycles. The van der Waals surface area contributed by atoms with Crippen molar-refractivity contribution in [2.45, 2.75) is 6.92 Å². The van der Waals surface area contributed by atoms with Gasteiger partial charge in [-0.25, -0.2) is 4.39 Å². The van der Waals surface area contributed by atoms with E-state index < -0.39 is 10.7 Å². The van der Waals surface area contributed by atoms with Crippen LogP contribution < -0.4 is 4.74 Å². The third-order valence-electron chi connectivity index (χ3n) is 2.87. The van der Waals surface area contributed by atoms with Crippen molar-refractivity contribution in [2.24, 2.45) is 0 Å². The molecule has 2 aromatic rings. The van der Waals surface area contributed by atoms with Crippen molar-refractivity contribution in [3.8, 4) is 5.75 Å². The highest BCUT2D eigenvalue weighted by atomic mass is 19.1. The third-order valence-corrected chi connectivity index (χ3v) is 2.87. The lowest BCUT2D eigenvalue weighted by atomic mass is 10.1. The number of hydrogen-bond donors (Lipinski definition) is 0. The Morgan fingerprint density at radius 3 is 2.67 bits per heavy atom. The number of carbonyl (C=O) groups excluding carboxylic acids is 1. The summed E-state index contributed by atoms with van der Waals surface area (Å²) < 4.78 is 18.4. The second-order valence-corrected chi connectivity index (χ2v) is 4.43. The third kappa shape index (κ3) is 3.62. The lowest BCUT2D eigenvalue weighted by Crippen LogP contribution is -2.12. The zero-order valence-electron chi connectivity index (χ0n) is 11.2. The molecule has 0 fully saturated rings. The standard InChI is InChI=1S/C15H12FNO4/c1-10-7-13(17(19)20)5-6-15(10)21-9-14(18)11-3-2-4-12(16)8-11/h2-8H,9H2,1H3. The van der Waals surface area contributed by atoms with E-state index in [0.717, 1.165) is 6.07 Å². The zero-order chi connectivity index (χ0) is 15.4. The topological polar surface area (TPSA) is 69.4 Å². The first-order valence-corrected chi connectivity index (χ1v) is 6.14. The Labute approximate surface area is 120 Å². The number of nitro benzene ring substituents is 1. The number of carbonyl (C=O) groups is 1. The first kappa shape index (κ1) is 14.6. The van der Waals surface area contributed by atoms with E-state index in [0.29, 0.717) is 11.3 Å². The van der Waals surface area contributed by atoms with Gasteiger partial charge >= 0.3 is 0 Å². The van der Waals surface area contributed by atoms with Gasteiger partial charge in [0.15, 0.2) is 12.4 Å². The lowest BCUT2D eigenvalue weighted by Gasteiger charge is -2.08. The van der Waals surface area contributed by atoms with Gasteiger partial charge in [0.25, 0.3) is 5.69 Å². The normalized spacial score (nSPS) is 10.2. The minimum Gasteiger partial charge on any atom is -0.485 e. The smallest absolute Gasteiger partial charge is 0.269 e. The highest BCUT2D eigenvalue weighted by Gasteiger charge is 2.11. The van der Waals surface area contributed by atoms with Crippen LogP contribution in [-0.2, 0) is 0 Å². The Morgan fingerprint density at radius 1 is 1.29 bits per heavy atom. The Morgan fingerprint density at radius 2 is 2.05 bits per heavy atom. The van der Waals surface area contributed by atoms with Crippen molar-refractivity contribution in [1.29, 1.82) is 0 Å². The molecule has 0 aliphatic heterocycles. The molecule has 0 saturated heterocycles. The molecule has 5 nitrogen and oxygen atoms in total. The maximum Gasteiger partial charge on any atom is 0.269 e. The van der Waals surface area contributed by atoms with Gasteiger partial charge in [0.05, 0.1) is 4.92 Å². The molecule has 0 amide bonds. The van der Waals surface area contributed by atoms with Gasteiger partial charge in [0, 0.05) is 17.7 Å². The van der Waals surface area contributed by atoms with Crippen molar-refractivity contribution in [1.82, 2.24) is 0 Å². The van der Waals surface area contributed by atoms with Crippen LogP contribution in [0.2, 0.25) is 0 Å². The summed E-state index contributed by atoms with van der Waals surface area (Å²) in [5, 5.41) is 10.6. The molecule has 2 rings (SSSR count). The quantitative estimate of drug-likeness (QED) is 0.481. The summed E-state index contributed by atoms with van der Waals surface area (Å²) >= 11 is 0. The van der Waals surface area contributed by atoms with Crippen molar-refractivity contribution in [3.63, 3.8) is 0 Å². The molecule has 0 aliphatic rings. The summed E-state index contributed by atoms with van der Waals surface area (Å²) in [5.74, 6) is -0.482. The molecular weight excluding hydrogens is 277 g/mol. The number of ketones is 1. The van der Waals surface area contributed by atoms with Crippen LogP contribution in [0.15, 0.2) is 42.5 Å². The van der Waals surface area contributed by atoms with Crippen LogP contribution in [0.5, 0.6) is 5.75 Å². The first-order valence-electron chi connectivity index (χ1n) is 6.14. The molecule has 108 valence electrons. The fourth-order valence-corrected chi connectivity index (χ4v) is 1.80. The summed E-state index contributed by atoms with van der Waals surface area (Å²) in [6.07, 6.45) is 0. The molecule has 0 unspecified atom stereocenters. The van der Waals surface area contributed by atoms with E-state index in [1.54, 1.807) is 6.92 Å². The van der Waals surface area contributed by atoms with Gasteiger partial charge in [-0.05, 0) is 30.7 Å². The largest absolute Gasteiger partial charge is 0.485 e. The van der Waals surface area contributed by atoms with E-state index >= 15 is 0 Å². The first-order chi connectivity index (χ1) is 9.97. The van der Waals surface area contributed by atoms with E-state index in [1.165, 1.54) is 36.4 Å². The monoisotopic (exact) mass is 289 g/mol. The number of halogens is 1. The summed E-state index contributed by atoms with van der Waals surface area (Å²) in [7, 11) is 0. The molecule has 2 aromatic carbocycles. The summed E-state index contributed by atoms with van der Waals surface area (Å²) in [5.41, 5.74) is 0.724. The van der Waals surface area contributed by atoms with E-state index in [1.807, 2.05) is 0 Å². The Balaban J connectivity index is 2.06. The van der Waals surface area contributed by atoms with Gasteiger partial charge in [-0.15, -0.1) is 0 Å². The molecule has 0 aliphatic carbocycles. The van der Waals surface area contributed by atoms with Gasteiger partial charge in [0.1, 0.15) is 11.6 Å². The number of nitro groups is 1. The SMILES string of the molecule is Cc1cc([N+](=O)[O-])ccc1OCC(=O)c1cccc(F)c1. The molecule has 6 heteroatoms. The predicted octanol–water partition coefficient (Wildman–Crippen LogP) is 3.30. The summed E-state index contributed by atoms with van der Waals surface area (Å²) in [4.78, 5) is 22.0. The molecule has 0 N–H and O–H groups in total. The zero-order valence-corrected chi connectivity index (χ0v) is 11.2. The van der Waals surface area contributed by atoms with Gasteiger partial charge in [-0.2, -0.15) is 0 Å². The minimum atomic E-state index is -0.505. The maximum atomic E-state index is 13.0. The van der Waals surface area contributed by atoms with Crippen molar-refractivity contribution in [3.05, 3.63) is 69.5 Å². The van der Waals surface area contributed by atoms with Crippen molar-refractivity contribution >= 4 is 11.5 Å². The van der Waals surface area contributed by atoms with E-state index in [2.05, 4.69) is 0 Å². The highest BCUT2D eigenvalue weighted by Crippen LogP contribution is 2.23. The number of aryl methyl sites for hydroxylation is 1. The fraction of sp³-hybridized carbons (Fsp3) is 0.133. The fourth-order valence-electron chi connectivity index (χ4n) is 1.80. The summed E-state index contributed by atoms with van der Waals surface area (Å²) in [6, 6.07) is 9.42. The number of Topliss-reactive ketones (excluding diaryl/α,β-unsaturated/α-hetero) is 1. The van der Waals surface area contributed by atoms with Crippen LogP contribution in [0.4, 0.5) is 10.1 Å². The van der Waals surface area contributed by atoms with Crippen LogP contribution in [0, 0.1) is 22.9 Å². The molecule has 0 radical (unpaired) electrons. The second kappa shape index (κ2) is 6.13. The van der Waals surface area contributed by atoms with Gasteiger partial charge in [0.2, 0.25) is 0 Å². The number of nitrogens with zero attached hydrogens (tertiary/aromatic N) is 1. The van der Waals surface area contributed by atoms with Crippen LogP contribution in [0.25, 0.3) is 0 Å². The minimum absolute atomic E-state index is 0.0451. The Bertz CT molecular complexity index is 700. The van der Waals surface area contributed by atoms with Crippen LogP contribution in [0.1, 0.15) is 15.9 Å². The predicted molar refractivity (Wildman–Crippen MR) is 74.1 cm³/mol. The molecule has 0 heterocycles. The Hall–Kier alpha value is -2.76. The number of benzene rings is 2. The Kier molecular flexibility index (Phi) is 4.27. The summed E-state index contributed by atoms with van der Waals surface area (Å²) in [6.45, 7) is 1.39. The van der Waals surface area contributed by atoms with Gasteiger partial charge in [-0.3, -0.25) is 14.9 Å². The van der Waals surface area contributed by atoms with Crippen LogP contribution in [0.3, 0.4) is 0 Å². The van der Waals surface area contributed by atoms with Crippen molar-refractivity contribution < 1.29 is 18.8 Å². The van der Waals surface area contributed by atoms with Gasteiger partial charge in [-0.1, -0.05) is 12.1 Å². The van der Waals surface area contributed by atoms with Gasteiger partial charge < -0.3 is 4.74 Å². The average molecular weight is 289 g/mol. The molecule has 0 spiro atoms. The molecular formula is C15H12FNO4. The molecule has 0 bridgehead atoms. The second-order valence-electron chi connectivity index (χ2n) is 4.43. The van der Waals surface area contributed by atoms with E-state index in [9.17, 15) is 19.3 Å². The molecule has 0 atom stereocenters. The maximum absolute atomic E-state index is 13.0.